The Bertz CT molecular complexity index is 1170. The summed E-state index contributed by atoms with van der Waals surface area (Å²) in [5.74, 6) is 0.0848. The first-order valence-corrected chi connectivity index (χ1v) is 11.9. The predicted octanol–water partition coefficient (Wildman–Crippen LogP) is 3.03. The predicted molar refractivity (Wildman–Crippen MR) is 130 cm³/mol. The number of aryl methyl sites for hydroxylation is 1. The van der Waals surface area contributed by atoms with Crippen molar-refractivity contribution in [3.05, 3.63) is 65.7 Å². The van der Waals surface area contributed by atoms with Crippen LogP contribution in [0, 0.1) is 5.92 Å². The highest BCUT2D eigenvalue weighted by molar-refractivity contribution is 5.96. The molecule has 3 N–H and O–H groups in total. The van der Waals surface area contributed by atoms with Crippen LogP contribution in [0.4, 0.5) is 0 Å². The van der Waals surface area contributed by atoms with E-state index in [1.54, 1.807) is 37.1 Å². The van der Waals surface area contributed by atoms with Crippen LogP contribution in [0.5, 0.6) is 0 Å². The van der Waals surface area contributed by atoms with E-state index in [9.17, 15) is 14.4 Å². The van der Waals surface area contributed by atoms with Gasteiger partial charge in [-0.25, -0.2) is 0 Å². The average Bonchev–Trinajstić information content (AvgIpc) is 3.56. The van der Waals surface area contributed by atoms with Crippen molar-refractivity contribution in [2.75, 3.05) is 7.05 Å². The monoisotopic (exact) mass is 477 g/mol. The minimum Gasteiger partial charge on any atom is -0.451 e. The number of furan rings is 1. The summed E-state index contributed by atoms with van der Waals surface area (Å²) in [6.45, 7) is 0.377. The minimum atomic E-state index is -0.567. The molecule has 1 atom stereocenters. The molecule has 3 aromatic rings. The van der Waals surface area contributed by atoms with Crippen LogP contribution in [0.3, 0.4) is 0 Å². The third kappa shape index (κ3) is 5.98. The van der Waals surface area contributed by atoms with Crippen LogP contribution in [0.2, 0.25) is 0 Å². The van der Waals surface area contributed by atoms with Gasteiger partial charge in [-0.15, -0.1) is 0 Å². The van der Waals surface area contributed by atoms with E-state index in [0.29, 0.717) is 17.9 Å². The van der Waals surface area contributed by atoms with Gasteiger partial charge in [0, 0.05) is 32.4 Å². The third-order valence-electron chi connectivity index (χ3n) is 6.43. The summed E-state index contributed by atoms with van der Waals surface area (Å²) in [6.07, 6.45) is 8.35. The van der Waals surface area contributed by atoms with Crippen LogP contribution in [0.15, 0.2) is 53.2 Å². The van der Waals surface area contributed by atoms with E-state index in [2.05, 4.69) is 21.0 Å². The number of carbonyl (C=O) groups is 3. The Morgan fingerprint density at radius 3 is 2.46 bits per heavy atom. The lowest BCUT2D eigenvalue weighted by Gasteiger charge is -2.29. The molecular weight excluding hydrogens is 446 g/mol. The molecule has 0 unspecified atom stereocenters. The largest absolute Gasteiger partial charge is 0.451 e. The van der Waals surface area contributed by atoms with Crippen LogP contribution >= 0.6 is 0 Å². The van der Waals surface area contributed by atoms with Gasteiger partial charge in [0.15, 0.2) is 5.76 Å². The molecule has 0 aliphatic heterocycles. The second-order valence-electron chi connectivity index (χ2n) is 8.91. The molecule has 1 aliphatic rings. The number of amides is 3. The molecule has 3 amide bonds. The highest BCUT2D eigenvalue weighted by Gasteiger charge is 2.31. The number of rotatable bonds is 8. The van der Waals surface area contributed by atoms with Crippen molar-refractivity contribution in [3.8, 4) is 11.3 Å². The Kier molecular flexibility index (Phi) is 7.64. The molecule has 9 heteroatoms. The van der Waals surface area contributed by atoms with E-state index >= 15 is 0 Å². The van der Waals surface area contributed by atoms with Crippen molar-refractivity contribution >= 4 is 17.7 Å². The summed E-state index contributed by atoms with van der Waals surface area (Å²) < 4.78 is 7.39. The molecular formula is C26H31N5O4. The molecule has 0 spiro atoms. The molecule has 184 valence electrons. The van der Waals surface area contributed by atoms with Gasteiger partial charge in [-0.1, -0.05) is 43.5 Å². The van der Waals surface area contributed by atoms with Crippen LogP contribution in [-0.4, -0.2) is 40.6 Å². The van der Waals surface area contributed by atoms with E-state index in [1.807, 2.05) is 24.3 Å². The van der Waals surface area contributed by atoms with E-state index in [0.717, 1.165) is 36.8 Å². The van der Waals surface area contributed by atoms with E-state index in [-0.39, 0.29) is 23.5 Å². The molecule has 1 aliphatic carbocycles. The first-order chi connectivity index (χ1) is 16.9. The first-order valence-electron chi connectivity index (χ1n) is 11.9. The minimum absolute atomic E-state index is 0.133. The number of aromatic nitrogens is 2. The Balaban J connectivity index is 1.37. The molecule has 0 bridgehead atoms. The number of likely N-dealkylation sites (N-methyl/N-ethyl adjacent to an activating group) is 1. The van der Waals surface area contributed by atoms with Gasteiger partial charge in [0.2, 0.25) is 5.91 Å². The summed E-state index contributed by atoms with van der Waals surface area (Å²) in [7, 11) is 3.35. The van der Waals surface area contributed by atoms with Crippen molar-refractivity contribution in [2.24, 2.45) is 13.0 Å². The fourth-order valence-corrected chi connectivity index (χ4v) is 4.46. The lowest BCUT2D eigenvalue weighted by molar-refractivity contribution is -0.124. The molecule has 0 radical (unpaired) electrons. The van der Waals surface area contributed by atoms with Gasteiger partial charge in [-0.05, 0) is 36.5 Å². The van der Waals surface area contributed by atoms with E-state index in [4.69, 9.17) is 4.42 Å². The molecule has 1 saturated carbocycles. The summed E-state index contributed by atoms with van der Waals surface area (Å²) in [5, 5.41) is 12.4. The SMILES string of the molecule is CNC(=O)[C@@H](NC(=O)c1ccc(-c2ccc(CNC(=O)c3cnn(C)c3)cc2)o1)C1CCCCC1. The number of hydrogen-bond donors (Lipinski definition) is 3. The second-order valence-corrected chi connectivity index (χ2v) is 8.91. The number of benzene rings is 1. The van der Waals surface area contributed by atoms with Crippen molar-refractivity contribution < 1.29 is 18.8 Å². The van der Waals surface area contributed by atoms with Crippen molar-refractivity contribution in [1.29, 1.82) is 0 Å². The van der Waals surface area contributed by atoms with Gasteiger partial charge in [-0.2, -0.15) is 5.10 Å². The van der Waals surface area contributed by atoms with Crippen LogP contribution in [-0.2, 0) is 18.4 Å². The number of nitrogens with zero attached hydrogens (tertiary/aromatic N) is 2. The van der Waals surface area contributed by atoms with Crippen molar-refractivity contribution in [2.45, 2.75) is 44.7 Å². The molecule has 9 nitrogen and oxygen atoms in total. The maximum Gasteiger partial charge on any atom is 0.287 e. The zero-order valence-corrected chi connectivity index (χ0v) is 20.0. The second kappa shape index (κ2) is 11.0. The molecule has 1 aromatic carbocycles. The lowest BCUT2D eigenvalue weighted by Crippen LogP contribution is -2.50. The van der Waals surface area contributed by atoms with Gasteiger partial charge in [0.25, 0.3) is 11.8 Å². The van der Waals surface area contributed by atoms with Crippen molar-refractivity contribution in [1.82, 2.24) is 25.7 Å². The normalized spacial score (nSPS) is 14.8. The zero-order chi connectivity index (χ0) is 24.8. The molecule has 35 heavy (non-hydrogen) atoms. The lowest BCUT2D eigenvalue weighted by atomic mass is 9.83. The van der Waals surface area contributed by atoms with Gasteiger partial charge in [-0.3, -0.25) is 19.1 Å². The van der Waals surface area contributed by atoms with E-state index < -0.39 is 11.9 Å². The molecule has 1 fully saturated rings. The summed E-state index contributed by atoms with van der Waals surface area (Å²) >= 11 is 0. The highest BCUT2D eigenvalue weighted by atomic mass is 16.4. The Labute approximate surface area is 204 Å². The molecule has 2 heterocycles. The number of nitrogens with one attached hydrogen (secondary N) is 3. The van der Waals surface area contributed by atoms with Crippen LogP contribution in [0.1, 0.15) is 58.6 Å². The Morgan fingerprint density at radius 1 is 1.06 bits per heavy atom. The summed E-state index contributed by atoms with van der Waals surface area (Å²) in [5.41, 5.74) is 2.24. The van der Waals surface area contributed by atoms with Gasteiger partial charge in [0.05, 0.1) is 11.8 Å². The van der Waals surface area contributed by atoms with Gasteiger partial charge < -0.3 is 20.4 Å². The quantitative estimate of drug-likeness (QED) is 0.461. The maximum absolute atomic E-state index is 12.9. The third-order valence-corrected chi connectivity index (χ3v) is 6.43. The smallest absolute Gasteiger partial charge is 0.287 e. The maximum atomic E-state index is 12.9. The summed E-state index contributed by atoms with van der Waals surface area (Å²) in [6, 6.07) is 10.3. The van der Waals surface area contributed by atoms with Crippen LogP contribution < -0.4 is 16.0 Å². The van der Waals surface area contributed by atoms with E-state index in [1.165, 1.54) is 12.6 Å². The molecule has 2 aromatic heterocycles. The first kappa shape index (κ1) is 24.3. The van der Waals surface area contributed by atoms with Crippen LogP contribution in [0.25, 0.3) is 11.3 Å². The molecule has 4 rings (SSSR count). The Hall–Kier alpha value is -3.88. The fraction of sp³-hybridized carbons (Fsp3) is 0.385. The zero-order valence-electron chi connectivity index (χ0n) is 20.0. The van der Waals surface area contributed by atoms with Crippen molar-refractivity contribution in [3.63, 3.8) is 0 Å². The van der Waals surface area contributed by atoms with Gasteiger partial charge in [0.1, 0.15) is 11.8 Å². The molecule has 0 saturated heterocycles. The Morgan fingerprint density at radius 2 is 1.80 bits per heavy atom. The standard InChI is InChI=1S/C26H31N5O4/c1-27-26(34)23(19-6-4-3-5-7-19)30-25(33)22-13-12-21(35-22)18-10-8-17(9-11-18)14-28-24(32)20-15-29-31(2)16-20/h8-13,15-16,19,23H,3-7,14H2,1-2H3,(H,27,34)(H,28,32)(H,30,33)/t23-/m0/s1. The average molecular weight is 478 g/mol. The fourth-order valence-electron chi connectivity index (χ4n) is 4.46. The number of carbonyl (C=O) groups excluding carboxylic acids is 3. The summed E-state index contributed by atoms with van der Waals surface area (Å²) in [4.78, 5) is 37.5. The van der Waals surface area contributed by atoms with Gasteiger partial charge >= 0.3 is 0 Å². The highest BCUT2D eigenvalue weighted by Crippen LogP contribution is 2.27. The topological polar surface area (TPSA) is 118 Å². The number of hydrogen-bond acceptors (Lipinski definition) is 5.